The number of halogens is 3. The molecule has 2 N–H and O–H groups in total. The molecule has 0 radical (unpaired) electrons. The molecule has 0 saturated heterocycles. The van der Waals surface area contributed by atoms with E-state index < -0.39 is 11.9 Å². The quantitative estimate of drug-likeness (QED) is 0.299. The summed E-state index contributed by atoms with van der Waals surface area (Å²) in [5.41, 5.74) is 3.02. The second kappa shape index (κ2) is 10.0. The molecule has 0 aliphatic rings. The summed E-state index contributed by atoms with van der Waals surface area (Å²) < 4.78 is 40.8. The number of aromatic nitrogens is 5. The molecule has 38 heavy (non-hydrogen) atoms. The Kier molecular flexibility index (Phi) is 6.62. The highest BCUT2D eigenvalue weighted by molar-refractivity contribution is 5.91. The van der Waals surface area contributed by atoms with Crippen LogP contribution in [0.4, 0.5) is 18.9 Å². The van der Waals surface area contributed by atoms with Crippen LogP contribution in [0.3, 0.4) is 0 Å². The van der Waals surface area contributed by atoms with Gasteiger partial charge in [-0.3, -0.25) is 9.78 Å². The minimum absolute atomic E-state index is 0.196. The summed E-state index contributed by atoms with van der Waals surface area (Å²) in [7, 11) is 0. The van der Waals surface area contributed by atoms with Crippen molar-refractivity contribution < 1.29 is 13.2 Å². The van der Waals surface area contributed by atoms with Crippen molar-refractivity contribution in [3.63, 3.8) is 0 Å². The predicted octanol–water partition coefficient (Wildman–Crippen LogP) is 5.73. The van der Waals surface area contributed by atoms with Gasteiger partial charge in [0.2, 0.25) is 0 Å². The van der Waals surface area contributed by atoms with Crippen LogP contribution in [0.1, 0.15) is 22.8 Å². The average Bonchev–Trinajstić information content (AvgIpc) is 2.87. The van der Waals surface area contributed by atoms with Gasteiger partial charge >= 0.3 is 6.18 Å². The smallest absolute Gasteiger partial charge is 0.383 e. The van der Waals surface area contributed by atoms with Crippen LogP contribution >= 0.6 is 0 Å². The minimum Gasteiger partial charge on any atom is -0.383 e. The first kappa shape index (κ1) is 25.1. The van der Waals surface area contributed by atoms with Crippen LogP contribution in [0.25, 0.3) is 33.7 Å². The summed E-state index contributed by atoms with van der Waals surface area (Å²) in [4.78, 5) is 32.8. The average molecular weight is 517 g/mol. The van der Waals surface area contributed by atoms with Gasteiger partial charge in [0.05, 0.1) is 17.1 Å². The Morgan fingerprint density at radius 2 is 1.58 bits per heavy atom. The molecule has 0 aliphatic carbocycles. The SMILES string of the molecule is Cc1cccc(CCNc2cc(=O)[nH]c3nc(-c4ccccc4)c(-c4cc(C)nc(C(F)(F)F)c4)nc23)n1. The van der Waals surface area contributed by atoms with Gasteiger partial charge < -0.3 is 10.3 Å². The van der Waals surface area contributed by atoms with Gasteiger partial charge in [-0.05, 0) is 38.1 Å². The van der Waals surface area contributed by atoms with E-state index in [-0.39, 0.29) is 28.2 Å². The molecule has 0 saturated carbocycles. The number of pyridine rings is 3. The Bertz CT molecular complexity index is 1680. The fourth-order valence-electron chi connectivity index (χ4n) is 4.21. The predicted molar refractivity (Wildman–Crippen MR) is 140 cm³/mol. The highest BCUT2D eigenvalue weighted by Crippen LogP contribution is 2.35. The van der Waals surface area contributed by atoms with Crippen molar-refractivity contribution >= 4 is 16.9 Å². The summed E-state index contributed by atoms with van der Waals surface area (Å²) in [5, 5.41) is 3.23. The lowest BCUT2D eigenvalue weighted by Gasteiger charge is -2.15. The van der Waals surface area contributed by atoms with Crippen LogP contribution in [-0.4, -0.2) is 31.5 Å². The molecular formula is C28H23F3N6O. The summed E-state index contributed by atoms with van der Waals surface area (Å²) >= 11 is 0. The lowest BCUT2D eigenvalue weighted by atomic mass is 10.0. The number of nitrogens with zero attached hydrogens (tertiary/aromatic N) is 4. The van der Waals surface area contributed by atoms with Crippen molar-refractivity contribution in [1.82, 2.24) is 24.9 Å². The number of aromatic amines is 1. The van der Waals surface area contributed by atoms with Crippen molar-refractivity contribution in [2.24, 2.45) is 0 Å². The van der Waals surface area contributed by atoms with Gasteiger partial charge in [0, 0.05) is 47.2 Å². The molecule has 10 heteroatoms. The molecule has 0 atom stereocenters. The van der Waals surface area contributed by atoms with Crippen molar-refractivity contribution in [3.05, 3.63) is 99.9 Å². The van der Waals surface area contributed by atoms with Crippen LogP contribution in [-0.2, 0) is 12.6 Å². The molecule has 192 valence electrons. The van der Waals surface area contributed by atoms with Gasteiger partial charge in [0.1, 0.15) is 11.2 Å². The minimum atomic E-state index is -4.63. The first-order valence-electron chi connectivity index (χ1n) is 11.9. The van der Waals surface area contributed by atoms with E-state index in [0.717, 1.165) is 17.5 Å². The highest BCUT2D eigenvalue weighted by atomic mass is 19.4. The third-order valence-electron chi connectivity index (χ3n) is 5.88. The first-order chi connectivity index (χ1) is 18.2. The van der Waals surface area contributed by atoms with Crippen molar-refractivity contribution in [2.45, 2.75) is 26.4 Å². The Hall–Kier alpha value is -4.60. The monoisotopic (exact) mass is 516 g/mol. The van der Waals surface area contributed by atoms with Crippen molar-refractivity contribution in [1.29, 1.82) is 0 Å². The number of rotatable bonds is 6. The summed E-state index contributed by atoms with van der Waals surface area (Å²) in [6, 6.07) is 18.6. The van der Waals surface area contributed by atoms with E-state index in [0.29, 0.717) is 35.4 Å². The highest BCUT2D eigenvalue weighted by Gasteiger charge is 2.33. The van der Waals surface area contributed by atoms with E-state index in [9.17, 15) is 18.0 Å². The molecule has 1 aromatic carbocycles. The number of fused-ring (bicyclic) bond motifs is 1. The number of anilines is 1. The number of H-pyrrole nitrogens is 1. The molecule has 4 aromatic heterocycles. The molecule has 5 aromatic rings. The lowest BCUT2D eigenvalue weighted by molar-refractivity contribution is -0.141. The van der Waals surface area contributed by atoms with E-state index in [1.54, 1.807) is 30.3 Å². The van der Waals surface area contributed by atoms with Crippen LogP contribution in [0.15, 0.2) is 71.5 Å². The molecular weight excluding hydrogens is 493 g/mol. The number of hydrogen-bond acceptors (Lipinski definition) is 6. The topological polar surface area (TPSA) is 96.5 Å². The van der Waals surface area contributed by atoms with Gasteiger partial charge in [0.25, 0.3) is 5.56 Å². The normalized spacial score (nSPS) is 11.6. The molecule has 0 unspecified atom stereocenters. The van der Waals surface area contributed by atoms with E-state index in [2.05, 4.69) is 25.3 Å². The van der Waals surface area contributed by atoms with E-state index >= 15 is 0 Å². The van der Waals surface area contributed by atoms with Gasteiger partial charge in [-0.1, -0.05) is 36.4 Å². The van der Waals surface area contributed by atoms with E-state index in [1.165, 1.54) is 13.0 Å². The number of aryl methyl sites for hydroxylation is 2. The van der Waals surface area contributed by atoms with Crippen LogP contribution < -0.4 is 10.9 Å². The van der Waals surface area contributed by atoms with Gasteiger partial charge in [-0.25, -0.2) is 15.0 Å². The fourth-order valence-corrected chi connectivity index (χ4v) is 4.21. The Morgan fingerprint density at radius 3 is 2.32 bits per heavy atom. The lowest BCUT2D eigenvalue weighted by Crippen LogP contribution is -2.13. The Balaban J connectivity index is 1.65. The van der Waals surface area contributed by atoms with Crippen molar-refractivity contribution in [3.8, 4) is 22.5 Å². The maximum Gasteiger partial charge on any atom is 0.433 e. The van der Waals surface area contributed by atoms with Gasteiger partial charge in [-0.2, -0.15) is 13.2 Å². The molecule has 5 rings (SSSR count). The van der Waals surface area contributed by atoms with Crippen LogP contribution in [0, 0.1) is 13.8 Å². The zero-order chi connectivity index (χ0) is 26.9. The van der Waals surface area contributed by atoms with Crippen molar-refractivity contribution in [2.75, 3.05) is 11.9 Å². The number of hydrogen-bond donors (Lipinski definition) is 2. The Morgan fingerprint density at radius 1 is 0.816 bits per heavy atom. The summed E-state index contributed by atoms with van der Waals surface area (Å²) in [6.45, 7) is 3.87. The molecule has 0 amide bonds. The van der Waals surface area contributed by atoms with E-state index in [1.807, 2.05) is 31.2 Å². The second-order valence-electron chi connectivity index (χ2n) is 8.86. The molecule has 7 nitrogen and oxygen atoms in total. The third-order valence-corrected chi connectivity index (χ3v) is 5.88. The number of benzene rings is 1. The third kappa shape index (κ3) is 5.39. The number of nitrogens with one attached hydrogen (secondary N) is 2. The van der Waals surface area contributed by atoms with E-state index in [4.69, 9.17) is 4.98 Å². The maximum absolute atomic E-state index is 13.6. The Labute approximate surface area is 215 Å². The van der Waals surface area contributed by atoms with Crippen LogP contribution in [0.2, 0.25) is 0 Å². The standard InChI is InChI=1S/C28H23F3N6O/c1-16-7-6-10-20(33-16)11-12-32-21-15-23(38)35-27-26(21)36-25(24(37-27)18-8-4-3-5-9-18)19-13-17(2)34-22(14-19)28(29,30)31/h3-10,13-15H,11-12H2,1-2H3,(H2,32,35,37,38). The first-order valence-corrected chi connectivity index (χ1v) is 11.9. The fraction of sp³-hybridized carbons (Fsp3) is 0.179. The second-order valence-corrected chi connectivity index (χ2v) is 8.86. The molecule has 4 heterocycles. The molecule has 0 fully saturated rings. The molecule has 0 aliphatic heterocycles. The zero-order valence-corrected chi connectivity index (χ0v) is 20.6. The van der Waals surface area contributed by atoms with Gasteiger partial charge in [0.15, 0.2) is 5.65 Å². The zero-order valence-electron chi connectivity index (χ0n) is 20.6. The van der Waals surface area contributed by atoms with Gasteiger partial charge in [-0.15, -0.1) is 0 Å². The summed E-state index contributed by atoms with van der Waals surface area (Å²) in [5.74, 6) is 0. The van der Waals surface area contributed by atoms with Crippen LogP contribution in [0.5, 0.6) is 0 Å². The molecule has 0 spiro atoms. The maximum atomic E-state index is 13.6. The largest absolute Gasteiger partial charge is 0.433 e. The molecule has 0 bridgehead atoms. The number of alkyl halides is 3. The summed E-state index contributed by atoms with van der Waals surface area (Å²) in [6.07, 6.45) is -4.03.